The van der Waals surface area contributed by atoms with Gasteiger partial charge in [0.1, 0.15) is 5.82 Å². The van der Waals surface area contributed by atoms with Crippen molar-refractivity contribution in [1.29, 1.82) is 0 Å². The maximum Gasteiger partial charge on any atom is 0.336 e. The van der Waals surface area contributed by atoms with E-state index in [1.54, 1.807) is 0 Å². The molecular formula is C21H25N3O3S. The molecule has 0 fully saturated rings. The number of carbonyl (C=O) groups is 1. The Balaban J connectivity index is 2.20. The summed E-state index contributed by atoms with van der Waals surface area (Å²) in [7, 11) is 1.35. The van der Waals surface area contributed by atoms with Crippen LogP contribution in [0.5, 0.6) is 0 Å². The van der Waals surface area contributed by atoms with Gasteiger partial charge in [-0.3, -0.25) is 4.79 Å². The maximum absolute atomic E-state index is 13.1. The number of allylic oxidation sites excluding steroid dienone is 1. The van der Waals surface area contributed by atoms with Gasteiger partial charge in [-0.15, -0.1) is 0 Å². The van der Waals surface area contributed by atoms with Crippen LogP contribution in [0.4, 0.5) is 5.82 Å². The van der Waals surface area contributed by atoms with Crippen LogP contribution < -0.4 is 10.9 Å². The van der Waals surface area contributed by atoms with Crippen LogP contribution in [-0.4, -0.2) is 28.8 Å². The van der Waals surface area contributed by atoms with Crippen LogP contribution in [0.1, 0.15) is 43.4 Å². The van der Waals surface area contributed by atoms with Gasteiger partial charge in [-0.25, -0.2) is 9.78 Å². The summed E-state index contributed by atoms with van der Waals surface area (Å²) in [6.07, 6.45) is 0. The van der Waals surface area contributed by atoms with Crippen molar-refractivity contribution in [3.8, 4) is 0 Å². The van der Waals surface area contributed by atoms with Crippen LogP contribution in [0.3, 0.4) is 0 Å². The van der Waals surface area contributed by atoms with E-state index in [0.29, 0.717) is 33.7 Å². The third kappa shape index (κ3) is 3.85. The standard InChI is InChI=1S/C21H25N3O3S/c1-11(2)10-28-21-23-18-17(19(25)24-21)16(14-9-7-6-8-12(14)3)15(13(4)22-18)20(26)27-5/h6-9,11,16H,10H2,1-5H3,(H2,22,23,24,25). The molecule has 1 unspecified atom stereocenters. The van der Waals surface area contributed by atoms with Crippen molar-refractivity contribution in [2.24, 2.45) is 5.92 Å². The second-order valence-electron chi connectivity index (χ2n) is 7.28. The molecule has 0 amide bonds. The van der Waals surface area contributed by atoms with Gasteiger partial charge in [0.05, 0.1) is 24.2 Å². The van der Waals surface area contributed by atoms with Crippen molar-refractivity contribution in [2.45, 2.75) is 38.8 Å². The Morgan fingerprint density at radius 1 is 1.29 bits per heavy atom. The van der Waals surface area contributed by atoms with Crippen LogP contribution in [0.15, 0.2) is 45.5 Å². The highest BCUT2D eigenvalue weighted by atomic mass is 32.2. The summed E-state index contributed by atoms with van der Waals surface area (Å²) < 4.78 is 5.02. The van der Waals surface area contributed by atoms with Gasteiger partial charge < -0.3 is 15.0 Å². The lowest BCUT2D eigenvalue weighted by molar-refractivity contribution is -0.136. The van der Waals surface area contributed by atoms with Crippen LogP contribution in [0, 0.1) is 12.8 Å². The van der Waals surface area contributed by atoms with E-state index in [9.17, 15) is 9.59 Å². The Labute approximate surface area is 168 Å². The van der Waals surface area contributed by atoms with Gasteiger partial charge in [-0.05, 0) is 30.9 Å². The number of anilines is 1. The first kappa shape index (κ1) is 20.2. The maximum atomic E-state index is 13.1. The molecule has 6 nitrogen and oxygen atoms in total. The molecule has 2 aromatic rings. The minimum absolute atomic E-state index is 0.245. The van der Waals surface area contributed by atoms with Gasteiger partial charge in [0, 0.05) is 11.4 Å². The summed E-state index contributed by atoms with van der Waals surface area (Å²) in [5.41, 5.74) is 3.15. The first-order valence-corrected chi connectivity index (χ1v) is 10.2. The highest BCUT2D eigenvalue weighted by Crippen LogP contribution is 2.41. The largest absolute Gasteiger partial charge is 0.466 e. The molecule has 0 radical (unpaired) electrons. The van der Waals surface area contributed by atoms with E-state index in [2.05, 4.69) is 29.1 Å². The molecule has 1 aromatic carbocycles. The third-order valence-electron chi connectivity index (χ3n) is 4.68. The molecule has 0 saturated heterocycles. The number of thioether (sulfide) groups is 1. The van der Waals surface area contributed by atoms with E-state index >= 15 is 0 Å². The molecule has 2 N–H and O–H groups in total. The van der Waals surface area contributed by atoms with Crippen molar-refractivity contribution >= 4 is 23.5 Å². The molecule has 0 bridgehead atoms. The number of fused-ring (bicyclic) bond motifs is 1. The minimum Gasteiger partial charge on any atom is -0.466 e. The number of hydrogen-bond donors (Lipinski definition) is 2. The van der Waals surface area contributed by atoms with Crippen molar-refractivity contribution in [1.82, 2.24) is 9.97 Å². The van der Waals surface area contributed by atoms with Crippen LogP contribution in [-0.2, 0) is 9.53 Å². The molecule has 0 spiro atoms. The number of rotatable bonds is 5. The number of benzene rings is 1. The Hall–Kier alpha value is -2.54. The van der Waals surface area contributed by atoms with E-state index < -0.39 is 11.9 Å². The summed E-state index contributed by atoms with van der Waals surface area (Å²) in [6.45, 7) is 8.01. The zero-order valence-electron chi connectivity index (χ0n) is 16.8. The highest BCUT2D eigenvalue weighted by Gasteiger charge is 2.36. The number of aromatic nitrogens is 2. The monoisotopic (exact) mass is 399 g/mol. The zero-order valence-corrected chi connectivity index (χ0v) is 17.6. The molecular weight excluding hydrogens is 374 g/mol. The van der Waals surface area contributed by atoms with Gasteiger partial charge in [0.2, 0.25) is 0 Å². The van der Waals surface area contributed by atoms with E-state index in [1.807, 2.05) is 38.1 Å². The van der Waals surface area contributed by atoms with E-state index in [-0.39, 0.29) is 5.56 Å². The van der Waals surface area contributed by atoms with Crippen molar-refractivity contribution in [3.63, 3.8) is 0 Å². The number of ether oxygens (including phenoxy) is 1. The second kappa shape index (κ2) is 8.22. The number of aromatic amines is 1. The number of aryl methyl sites for hydroxylation is 1. The number of hydrogen-bond acceptors (Lipinski definition) is 6. The van der Waals surface area contributed by atoms with Gasteiger partial charge in [0.15, 0.2) is 5.16 Å². The molecule has 1 aliphatic rings. The number of H-pyrrole nitrogens is 1. The van der Waals surface area contributed by atoms with Crippen LogP contribution in [0.25, 0.3) is 0 Å². The number of esters is 1. The summed E-state index contributed by atoms with van der Waals surface area (Å²) in [6, 6.07) is 7.74. The Bertz CT molecular complexity index is 995. The number of nitrogens with one attached hydrogen (secondary N) is 2. The van der Waals surface area contributed by atoms with Gasteiger partial charge in [0.25, 0.3) is 5.56 Å². The summed E-state index contributed by atoms with van der Waals surface area (Å²) in [5.74, 6) is 0.831. The number of methoxy groups -OCH3 is 1. The minimum atomic E-state index is -0.537. The molecule has 1 aliphatic heterocycles. The first-order valence-electron chi connectivity index (χ1n) is 9.22. The molecule has 3 rings (SSSR count). The Kier molecular flexibility index (Phi) is 5.93. The fraction of sp³-hybridized carbons (Fsp3) is 0.381. The van der Waals surface area contributed by atoms with Crippen molar-refractivity contribution in [3.05, 3.63) is 62.6 Å². The molecule has 28 heavy (non-hydrogen) atoms. The Morgan fingerprint density at radius 3 is 2.64 bits per heavy atom. The highest BCUT2D eigenvalue weighted by molar-refractivity contribution is 7.99. The van der Waals surface area contributed by atoms with E-state index in [1.165, 1.54) is 18.9 Å². The van der Waals surface area contributed by atoms with Crippen LogP contribution in [0.2, 0.25) is 0 Å². The molecule has 0 saturated carbocycles. The van der Waals surface area contributed by atoms with Gasteiger partial charge >= 0.3 is 5.97 Å². The fourth-order valence-corrected chi connectivity index (χ4v) is 4.16. The average molecular weight is 400 g/mol. The topological polar surface area (TPSA) is 84.1 Å². The smallest absolute Gasteiger partial charge is 0.336 e. The average Bonchev–Trinajstić information content (AvgIpc) is 2.65. The lowest BCUT2D eigenvalue weighted by Gasteiger charge is -2.29. The molecule has 7 heteroatoms. The summed E-state index contributed by atoms with van der Waals surface area (Å²) >= 11 is 1.51. The molecule has 1 aromatic heterocycles. The SMILES string of the molecule is COC(=O)C1=C(C)Nc2nc(SCC(C)C)[nH]c(=O)c2C1c1ccccc1C. The fourth-order valence-electron chi connectivity index (χ4n) is 3.35. The van der Waals surface area contributed by atoms with Crippen molar-refractivity contribution < 1.29 is 9.53 Å². The molecule has 0 aliphatic carbocycles. The molecule has 2 heterocycles. The van der Waals surface area contributed by atoms with Crippen molar-refractivity contribution in [2.75, 3.05) is 18.2 Å². The molecule has 1 atom stereocenters. The number of carbonyl (C=O) groups excluding carboxylic acids is 1. The van der Waals surface area contributed by atoms with E-state index in [4.69, 9.17) is 4.74 Å². The quantitative estimate of drug-likeness (QED) is 0.452. The Morgan fingerprint density at radius 2 is 2.00 bits per heavy atom. The second-order valence-corrected chi connectivity index (χ2v) is 8.29. The van der Waals surface area contributed by atoms with E-state index in [0.717, 1.165) is 16.9 Å². The first-order chi connectivity index (χ1) is 13.3. The van der Waals surface area contributed by atoms with Crippen LogP contribution >= 0.6 is 11.8 Å². The number of nitrogens with zero attached hydrogens (tertiary/aromatic N) is 1. The van der Waals surface area contributed by atoms with Gasteiger partial charge in [-0.2, -0.15) is 0 Å². The van der Waals surface area contributed by atoms with Gasteiger partial charge in [-0.1, -0.05) is 49.9 Å². The molecule has 148 valence electrons. The normalized spacial score (nSPS) is 16.0. The summed E-state index contributed by atoms with van der Waals surface area (Å²) in [5, 5.41) is 3.72. The lowest BCUT2D eigenvalue weighted by atomic mass is 9.80. The zero-order chi connectivity index (χ0) is 20.4. The third-order valence-corrected chi connectivity index (χ3v) is 5.98. The predicted molar refractivity (Wildman–Crippen MR) is 112 cm³/mol. The predicted octanol–water partition coefficient (Wildman–Crippen LogP) is 3.83. The summed E-state index contributed by atoms with van der Waals surface area (Å²) in [4.78, 5) is 33.2. The lowest BCUT2D eigenvalue weighted by Crippen LogP contribution is -2.31.